The summed E-state index contributed by atoms with van der Waals surface area (Å²) in [5.41, 5.74) is 3.91. The zero-order valence-corrected chi connectivity index (χ0v) is 15.1. The fourth-order valence-electron chi connectivity index (χ4n) is 2.56. The van der Waals surface area contributed by atoms with Crippen LogP contribution in [0.5, 0.6) is 0 Å². The maximum atomic E-state index is 12.6. The van der Waals surface area contributed by atoms with Gasteiger partial charge in [-0.25, -0.2) is 4.98 Å². The van der Waals surface area contributed by atoms with E-state index in [1.807, 2.05) is 54.8 Å². The van der Waals surface area contributed by atoms with Gasteiger partial charge in [-0.15, -0.1) is 0 Å². The van der Waals surface area contributed by atoms with Crippen molar-refractivity contribution in [3.05, 3.63) is 68.5 Å². The van der Waals surface area contributed by atoms with Crippen LogP contribution in [0.3, 0.4) is 0 Å². The van der Waals surface area contributed by atoms with Gasteiger partial charge in [-0.05, 0) is 53.0 Å². The second-order valence-electron chi connectivity index (χ2n) is 5.35. The molecule has 3 aromatic rings. The van der Waals surface area contributed by atoms with E-state index in [-0.39, 0.29) is 5.91 Å². The lowest BCUT2D eigenvalue weighted by Gasteiger charge is -2.08. The van der Waals surface area contributed by atoms with Crippen molar-refractivity contribution in [2.45, 2.75) is 20.4 Å². The van der Waals surface area contributed by atoms with E-state index in [4.69, 9.17) is 11.6 Å². The van der Waals surface area contributed by atoms with E-state index < -0.39 is 0 Å². The van der Waals surface area contributed by atoms with Crippen molar-refractivity contribution in [3.8, 4) is 0 Å². The lowest BCUT2D eigenvalue weighted by Crippen LogP contribution is -2.25. The third-order valence-electron chi connectivity index (χ3n) is 3.66. The summed E-state index contributed by atoms with van der Waals surface area (Å²) in [6, 6.07) is 9.44. The Balaban J connectivity index is 1.92. The Morgan fingerprint density at radius 1 is 1.35 bits per heavy atom. The number of carbonyl (C=O) groups is 1. The van der Waals surface area contributed by atoms with Crippen LogP contribution in [0.4, 0.5) is 0 Å². The minimum absolute atomic E-state index is 0.174. The van der Waals surface area contributed by atoms with Gasteiger partial charge in [0.25, 0.3) is 5.91 Å². The van der Waals surface area contributed by atoms with Crippen molar-refractivity contribution in [2.24, 2.45) is 0 Å². The molecule has 0 aliphatic rings. The number of amides is 1. The molecule has 0 radical (unpaired) electrons. The molecule has 23 heavy (non-hydrogen) atoms. The van der Waals surface area contributed by atoms with E-state index in [1.54, 1.807) is 0 Å². The molecule has 3 rings (SSSR count). The van der Waals surface area contributed by atoms with E-state index in [1.165, 1.54) is 0 Å². The summed E-state index contributed by atoms with van der Waals surface area (Å²) in [4.78, 5) is 17.1. The number of carbonyl (C=O) groups excluding carboxylic acids is 1. The fourth-order valence-corrected chi connectivity index (χ4v) is 3.31. The molecule has 0 aliphatic carbocycles. The largest absolute Gasteiger partial charge is 0.347 e. The van der Waals surface area contributed by atoms with Gasteiger partial charge in [0.2, 0.25) is 0 Å². The molecule has 6 heteroatoms. The minimum atomic E-state index is -0.174. The van der Waals surface area contributed by atoms with Crippen LogP contribution in [0.15, 0.2) is 41.0 Å². The molecule has 0 unspecified atom stereocenters. The molecule has 0 atom stereocenters. The van der Waals surface area contributed by atoms with Crippen molar-refractivity contribution < 1.29 is 4.79 Å². The number of nitrogens with zero attached hydrogens (tertiary/aromatic N) is 2. The average Bonchev–Trinajstić information content (AvgIpc) is 2.83. The molecule has 118 valence electrons. The van der Waals surface area contributed by atoms with Crippen LogP contribution in [0.2, 0.25) is 5.02 Å². The summed E-state index contributed by atoms with van der Waals surface area (Å²) in [5, 5.41) is 3.55. The molecule has 0 bridgehead atoms. The molecule has 0 saturated carbocycles. The molecule has 2 heterocycles. The number of pyridine rings is 1. The van der Waals surface area contributed by atoms with Gasteiger partial charge in [0.1, 0.15) is 11.3 Å². The Morgan fingerprint density at radius 3 is 2.83 bits per heavy atom. The SMILES string of the molecule is Cc1nc2c(C)cc(Br)cn2c1C(=O)NCc1ccccc1Cl. The molecular formula is C17H15BrClN3O. The number of aromatic nitrogens is 2. The van der Waals surface area contributed by atoms with Crippen molar-refractivity contribution in [1.29, 1.82) is 0 Å². The van der Waals surface area contributed by atoms with Gasteiger partial charge in [0, 0.05) is 22.2 Å². The van der Waals surface area contributed by atoms with Crippen LogP contribution in [-0.2, 0) is 6.54 Å². The Labute approximate surface area is 147 Å². The lowest BCUT2D eigenvalue weighted by atomic mass is 10.2. The quantitative estimate of drug-likeness (QED) is 0.722. The van der Waals surface area contributed by atoms with E-state index in [2.05, 4.69) is 26.2 Å². The van der Waals surface area contributed by atoms with Gasteiger partial charge in [-0.1, -0.05) is 29.8 Å². The predicted octanol–water partition coefficient (Wildman–Crippen LogP) is 4.30. The Hall–Kier alpha value is -1.85. The van der Waals surface area contributed by atoms with Gasteiger partial charge in [-0.2, -0.15) is 0 Å². The number of benzene rings is 1. The lowest BCUT2D eigenvalue weighted by molar-refractivity contribution is 0.0944. The molecular weight excluding hydrogens is 378 g/mol. The molecule has 0 aliphatic heterocycles. The maximum Gasteiger partial charge on any atom is 0.270 e. The minimum Gasteiger partial charge on any atom is -0.347 e. The smallest absolute Gasteiger partial charge is 0.270 e. The first-order valence-electron chi connectivity index (χ1n) is 7.14. The number of fused-ring (bicyclic) bond motifs is 1. The van der Waals surface area contributed by atoms with Gasteiger partial charge < -0.3 is 5.32 Å². The van der Waals surface area contributed by atoms with Gasteiger partial charge >= 0.3 is 0 Å². The fraction of sp³-hybridized carbons (Fsp3) is 0.176. The summed E-state index contributed by atoms with van der Waals surface area (Å²) in [7, 11) is 0. The highest BCUT2D eigenvalue weighted by atomic mass is 79.9. The highest BCUT2D eigenvalue weighted by molar-refractivity contribution is 9.10. The van der Waals surface area contributed by atoms with E-state index in [0.717, 1.165) is 21.2 Å². The molecule has 1 N–H and O–H groups in total. The Kier molecular flexibility index (Phi) is 4.41. The van der Waals surface area contributed by atoms with Crippen molar-refractivity contribution in [1.82, 2.24) is 14.7 Å². The standard InChI is InChI=1S/C17H15BrClN3O/c1-10-7-13(18)9-22-15(11(2)21-16(10)22)17(23)20-8-12-5-3-4-6-14(12)19/h3-7,9H,8H2,1-2H3,(H,20,23). The van der Waals surface area contributed by atoms with Gasteiger partial charge in [0.15, 0.2) is 0 Å². The summed E-state index contributed by atoms with van der Waals surface area (Å²) < 4.78 is 2.72. The first-order valence-corrected chi connectivity index (χ1v) is 8.31. The third-order valence-corrected chi connectivity index (χ3v) is 4.46. The third kappa shape index (κ3) is 3.12. The molecule has 0 spiro atoms. The highest BCUT2D eigenvalue weighted by Crippen LogP contribution is 2.21. The predicted molar refractivity (Wildman–Crippen MR) is 95.0 cm³/mol. The van der Waals surface area contributed by atoms with Crippen LogP contribution >= 0.6 is 27.5 Å². The molecule has 1 aromatic carbocycles. The number of aryl methyl sites for hydroxylation is 2. The normalized spacial score (nSPS) is 11.0. The van der Waals surface area contributed by atoms with Crippen LogP contribution < -0.4 is 5.32 Å². The highest BCUT2D eigenvalue weighted by Gasteiger charge is 2.18. The second-order valence-corrected chi connectivity index (χ2v) is 6.68. The van der Waals surface area contributed by atoms with Gasteiger partial charge in [0.05, 0.1) is 5.69 Å². The summed E-state index contributed by atoms with van der Waals surface area (Å²) in [6.07, 6.45) is 1.85. The van der Waals surface area contributed by atoms with Crippen LogP contribution in [0, 0.1) is 13.8 Å². The van der Waals surface area contributed by atoms with Crippen molar-refractivity contribution in [3.63, 3.8) is 0 Å². The second kappa shape index (κ2) is 6.34. The first-order chi connectivity index (χ1) is 11.0. The maximum absolute atomic E-state index is 12.6. The number of imidazole rings is 1. The Morgan fingerprint density at radius 2 is 2.09 bits per heavy atom. The average molecular weight is 393 g/mol. The summed E-state index contributed by atoms with van der Waals surface area (Å²) in [5.74, 6) is -0.174. The number of rotatable bonds is 3. The number of halogens is 2. The molecule has 0 fully saturated rings. The van der Waals surface area contributed by atoms with Crippen molar-refractivity contribution >= 4 is 39.1 Å². The van der Waals surface area contributed by atoms with Crippen LogP contribution in [0.25, 0.3) is 5.65 Å². The summed E-state index contributed by atoms with van der Waals surface area (Å²) in [6.45, 7) is 4.18. The topological polar surface area (TPSA) is 46.4 Å². The van der Waals surface area contributed by atoms with Gasteiger partial charge in [-0.3, -0.25) is 9.20 Å². The van der Waals surface area contributed by atoms with E-state index in [9.17, 15) is 4.79 Å². The zero-order valence-electron chi connectivity index (χ0n) is 12.7. The van der Waals surface area contributed by atoms with Crippen LogP contribution in [-0.4, -0.2) is 15.3 Å². The van der Waals surface area contributed by atoms with Crippen LogP contribution in [0.1, 0.15) is 27.3 Å². The number of nitrogens with one attached hydrogen (secondary N) is 1. The molecule has 4 nitrogen and oxygen atoms in total. The summed E-state index contributed by atoms with van der Waals surface area (Å²) >= 11 is 9.59. The first kappa shape index (κ1) is 16.0. The van der Waals surface area contributed by atoms with Crippen molar-refractivity contribution in [2.75, 3.05) is 0 Å². The van der Waals surface area contributed by atoms with E-state index >= 15 is 0 Å². The Bertz CT molecular complexity index is 904. The monoisotopic (exact) mass is 391 g/mol. The molecule has 1 amide bonds. The number of hydrogen-bond acceptors (Lipinski definition) is 2. The zero-order chi connectivity index (χ0) is 16.6. The molecule has 2 aromatic heterocycles. The van der Waals surface area contributed by atoms with E-state index in [0.29, 0.717) is 23.0 Å². The number of hydrogen-bond donors (Lipinski definition) is 1. The molecule has 0 saturated heterocycles.